The van der Waals surface area contributed by atoms with E-state index < -0.39 is 23.7 Å². The maximum atomic E-state index is 12.6. The summed E-state index contributed by atoms with van der Waals surface area (Å²) < 4.78 is 0. The summed E-state index contributed by atoms with van der Waals surface area (Å²) in [5, 5.41) is 18.9. The van der Waals surface area contributed by atoms with Crippen LogP contribution in [0.5, 0.6) is 0 Å². The van der Waals surface area contributed by atoms with Crippen molar-refractivity contribution in [2.75, 3.05) is 6.54 Å². The Bertz CT molecular complexity index is 1110. The normalized spacial score (nSPS) is 12.6. The molecule has 0 aliphatic carbocycles. The van der Waals surface area contributed by atoms with Crippen LogP contribution in [0.2, 0.25) is 0 Å². The van der Waals surface area contributed by atoms with Crippen molar-refractivity contribution in [2.45, 2.75) is 12.6 Å². The van der Waals surface area contributed by atoms with Gasteiger partial charge in [-0.05, 0) is 30.5 Å². The Kier molecular flexibility index (Phi) is 5.82. The lowest BCUT2D eigenvalue weighted by Crippen LogP contribution is -2.60. The standard InChI is InChI=1S/C21H21N5O4/c1-2-24-19(28)25-21(26-20(29)30,15-7-3-6-14(11-15)18(22)27)17-8-4-5-13-9-10-23-12-16(13)17/h3-12,26H,2H2,1H3,(H2,22,27)(H,29,30)(H2,24,25,28). The van der Waals surface area contributed by atoms with E-state index in [2.05, 4.69) is 20.9 Å². The van der Waals surface area contributed by atoms with Crippen molar-refractivity contribution in [3.8, 4) is 0 Å². The quantitative estimate of drug-likeness (QED) is 0.397. The highest BCUT2D eigenvalue weighted by atomic mass is 16.4. The second-order valence-electron chi connectivity index (χ2n) is 6.51. The molecule has 30 heavy (non-hydrogen) atoms. The molecule has 0 saturated carbocycles. The summed E-state index contributed by atoms with van der Waals surface area (Å²) in [6.07, 6.45) is 1.82. The first kappa shape index (κ1) is 20.6. The largest absolute Gasteiger partial charge is 0.465 e. The Morgan fingerprint density at radius 1 is 1.10 bits per heavy atom. The second-order valence-corrected chi connectivity index (χ2v) is 6.51. The maximum absolute atomic E-state index is 12.6. The first-order valence-corrected chi connectivity index (χ1v) is 9.18. The molecule has 9 heteroatoms. The van der Waals surface area contributed by atoms with Crippen molar-refractivity contribution in [1.29, 1.82) is 0 Å². The Labute approximate surface area is 172 Å². The first-order valence-electron chi connectivity index (χ1n) is 9.18. The van der Waals surface area contributed by atoms with Gasteiger partial charge in [0.15, 0.2) is 5.66 Å². The molecular formula is C21H21N5O4. The number of carboxylic acid groups (broad SMARTS) is 1. The van der Waals surface area contributed by atoms with Crippen molar-refractivity contribution < 1.29 is 19.5 Å². The van der Waals surface area contributed by atoms with Gasteiger partial charge in [0.1, 0.15) is 0 Å². The average molecular weight is 407 g/mol. The zero-order valence-corrected chi connectivity index (χ0v) is 16.2. The van der Waals surface area contributed by atoms with Gasteiger partial charge in [0.2, 0.25) is 5.91 Å². The third kappa shape index (κ3) is 4.00. The van der Waals surface area contributed by atoms with Crippen molar-refractivity contribution in [3.05, 3.63) is 77.6 Å². The van der Waals surface area contributed by atoms with Crippen LogP contribution < -0.4 is 21.7 Å². The van der Waals surface area contributed by atoms with Gasteiger partial charge in [0.05, 0.1) is 0 Å². The summed E-state index contributed by atoms with van der Waals surface area (Å²) in [6.45, 7) is 2.06. The van der Waals surface area contributed by atoms with Crippen LogP contribution in [0.4, 0.5) is 9.59 Å². The molecule has 1 atom stereocenters. The Hall–Kier alpha value is -4.14. The zero-order valence-electron chi connectivity index (χ0n) is 16.2. The number of fused-ring (bicyclic) bond motifs is 1. The monoisotopic (exact) mass is 407 g/mol. The van der Waals surface area contributed by atoms with Gasteiger partial charge >= 0.3 is 12.1 Å². The number of hydrogen-bond acceptors (Lipinski definition) is 4. The molecule has 154 valence electrons. The van der Waals surface area contributed by atoms with E-state index in [1.807, 2.05) is 6.07 Å². The van der Waals surface area contributed by atoms with Crippen LogP contribution in [-0.2, 0) is 5.66 Å². The number of primary amides is 1. The molecule has 3 rings (SSSR count). The van der Waals surface area contributed by atoms with Gasteiger partial charge in [-0.1, -0.05) is 30.3 Å². The van der Waals surface area contributed by atoms with Crippen molar-refractivity contribution >= 4 is 28.8 Å². The molecule has 0 aliphatic heterocycles. The molecular weight excluding hydrogens is 386 g/mol. The predicted octanol–water partition coefficient (Wildman–Crippen LogP) is 2.12. The summed E-state index contributed by atoms with van der Waals surface area (Å²) in [4.78, 5) is 40.3. The van der Waals surface area contributed by atoms with Crippen LogP contribution >= 0.6 is 0 Å². The number of aromatic nitrogens is 1. The van der Waals surface area contributed by atoms with Gasteiger partial charge in [-0.3, -0.25) is 15.1 Å². The summed E-state index contributed by atoms with van der Waals surface area (Å²) in [7, 11) is 0. The van der Waals surface area contributed by atoms with E-state index in [0.717, 1.165) is 5.39 Å². The smallest absolute Gasteiger partial charge is 0.407 e. The summed E-state index contributed by atoms with van der Waals surface area (Å²) in [5.41, 5.74) is 4.61. The summed E-state index contributed by atoms with van der Waals surface area (Å²) >= 11 is 0. The number of carbonyl (C=O) groups is 3. The van der Waals surface area contributed by atoms with E-state index in [1.165, 1.54) is 12.1 Å². The number of nitrogens with one attached hydrogen (secondary N) is 3. The van der Waals surface area contributed by atoms with Gasteiger partial charge in [-0.25, -0.2) is 9.59 Å². The Morgan fingerprint density at radius 2 is 1.87 bits per heavy atom. The van der Waals surface area contributed by atoms with Crippen molar-refractivity contribution in [3.63, 3.8) is 0 Å². The molecule has 4 amide bonds. The SMILES string of the molecule is CCNC(=O)NC(NC(=O)O)(c1cccc(C(N)=O)c1)c1cccc2ccncc12. The number of rotatable bonds is 6. The third-order valence-electron chi connectivity index (χ3n) is 4.60. The van der Waals surface area contributed by atoms with Crippen LogP contribution in [0.3, 0.4) is 0 Å². The molecule has 0 saturated heterocycles. The minimum atomic E-state index is -1.72. The minimum Gasteiger partial charge on any atom is -0.465 e. The molecule has 0 fully saturated rings. The number of carbonyl (C=O) groups excluding carboxylic acids is 2. The van der Waals surface area contributed by atoms with E-state index >= 15 is 0 Å². The molecule has 0 radical (unpaired) electrons. The summed E-state index contributed by atoms with van der Waals surface area (Å²) in [6, 6.07) is 12.6. The number of amides is 4. The molecule has 0 aliphatic rings. The van der Waals surface area contributed by atoms with Crippen LogP contribution in [-0.4, -0.2) is 34.7 Å². The summed E-state index contributed by atoms with van der Waals surface area (Å²) in [5.74, 6) is -0.682. The molecule has 0 spiro atoms. The lowest BCUT2D eigenvalue weighted by Gasteiger charge is -2.36. The highest BCUT2D eigenvalue weighted by molar-refractivity contribution is 5.93. The topological polar surface area (TPSA) is 146 Å². The van der Waals surface area contributed by atoms with Crippen LogP contribution in [0.1, 0.15) is 28.4 Å². The van der Waals surface area contributed by atoms with Gasteiger partial charge in [-0.15, -0.1) is 0 Å². The lowest BCUT2D eigenvalue weighted by molar-refractivity contribution is 0.1000. The fraction of sp³-hybridized carbons (Fsp3) is 0.143. The van der Waals surface area contributed by atoms with Crippen molar-refractivity contribution in [1.82, 2.24) is 20.9 Å². The molecule has 0 bridgehead atoms. The third-order valence-corrected chi connectivity index (χ3v) is 4.60. The number of benzene rings is 2. The molecule has 1 aromatic heterocycles. The number of nitrogens with two attached hydrogens (primary N) is 1. The van der Waals surface area contributed by atoms with Gasteiger partial charge in [0, 0.05) is 41.0 Å². The Balaban J connectivity index is 2.35. The van der Waals surface area contributed by atoms with E-state index in [9.17, 15) is 19.5 Å². The zero-order chi connectivity index (χ0) is 21.7. The van der Waals surface area contributed by atoms with Crippen LogP contribution in [0.25, 0.3) is 10.8 Å². The molecule has 6 N–H and O–H groups in total. The van der Waals surface area contributed by atoms with Gasteiger partial charge < -0.3 is 21.5 Å². The van der Waals surface area contributed by atoms with E-state index in [-0.39, 0.29) is 5.56 Å². The molecule has 1 unspecified atom stereocenters. The fourth-order valence-electron chi connectivity index (χ4n) is 3.35. The highest BCUT2D eigenvalue weighted by Gasteiger charge is 2.39. The highest BCUT2D eigenvalue weighted by Crippen LogP contribution is 2.33. The number of urea groups is 1. The predicted molar refractivity (Wildman–Crippen MR) is 111 cm³/mol. The molecule has 1 heterocycles. The maximum Gasteiger partial charge on any atom is 0.407 e. The van der Waals surface area contributed by atoms with Crippen LogP contribution in [0.15, 0.2) is 60.9 Å². The second kappa shape index (κ2) is 8.48. The number of hydrogen-bond donors (Lipinski definition) is 5. The first-order chi connectivity index (χ1) is 14.4. The fourth-order valence-corrected chi connectivity index (χ4v) is 3.35. The average Bonchev–Trinajstić information content (AvgIpc) is 2.72. The number of nitrogens with zero attached hydrogens (tertiary/aromatic N) is 1. The lowest BCUT2D eigenvalue weighted by atomic mass is 9.87. The molecule has 2 aromatic carbocycles. The van der Waals surface area contributed by atoms with E-state index in [0.29, 0.717) is 23.1 Å². The van der Waals surface area contributed by atoms with Gasteiger partial charge in [0.25, 0.3) is 0 Å². The minimum absolute atomic E-state index is 0.167. The van der Waals surface area contributed by atoms with Gasteiger partial charge in [-0.2, -0.15) is 0 Å². The number of pyridine rings is 1. The van der Waals surface area contributed by atoms with Crippen LogP contribution in [0, 0.1) is 0 Å². The molecule has 3 aromatic rings. The molecule has 9 nitrogen and oxygen atoms in total. The van der Waals surface area contributed by atoms with Crippen molar-refractivity contribution in [2.24, 2.45) is 5.73 Å². The van der Waals surface area contributed by atoms with E-state index in [1.54, 1.807) is 49.6 Å². The Morgan fingerprint density at radius 3 is 2.57 bits per heavy atom. The van der Waals surface area contributed by atoms with E-state index in [4.69, 9.17) is 5.73 Å².